The van der Waals surface area contributed by atoms with E-state index >= 15 is 0 Å². The first-order valence-electron chi connectivity index (χ1n) is 8.65. The molecule has 0 aliphatic carbocycles. The van der Waals surface area contributed by atoms with Gasteiger partial charge in [-0.25, -0.2) is 4.98 Å². The van der Waals surface area contributed by atoms with Crippen LogP contribution < -0.4 is 15.4 Å². The molecular weight excluding hydrogens is 332 g/mol. The SMILES string of the molecule is CN=C(NCCCCOc1ccc(C)cc1)NCc1nc(C)c(C)s1. The zero-order valence-corrected chi connectivity index (χ0v) is 16.4. The maximum absolute atomic E-state index is 5.73. The molecule has 0 saturated heterocycles. The van der Waals surface area contributed by atoms with E-state index in [1.807, 2.05) is 19.1 Å². The molecule has 0 amide bonds. The number of ether oxygens (including phenoxy) is 1. The fourth-order valence-electron chi connectivity index (χ4n) is 2.25. The van der Waals surface area contributed by atoms with E-state index in [9.17, 15) is 0 Å². The number of hydrogen-bond acceptors (Lipinski definition) is 4. The molecule has 2 N–H and O–H groups in total. The number of thiazole rings is 1. The average molecular weight is 361 g/mol. The minimum atomic E-state index is 0.704. The van der Waals surface area contributed by atoms with E-state index in [0.29, 0.717) is 6.54 Å². The molecule has 0 atom stereocenters. The van der Waals surface area contributed by atoms with Crippen molar-refractivity contribution < 1.29 is 4.74 Å². The van der Waals surface area contributed by atoms with Crippen LogP contribution in [-0.4, -0.2) is 31.1 Å². The summed E-state index contributed by atoms with van der Waals surface area (Å²) in [5.74, 6) is 1.75. The highest BCUT2D eigenvalue weighted by Crippen LogP contribution is 2.15. The highest BCUT2D eigenvalue weighted by atomic mass is 32.1. The predicted molar refractivity (Wildman–Crippen MR) is 106 cm³/mol. The van der Waals surface area contributed by atoms with Gasteiger partial charge in [0.15, 0.2) is 5.96 Å². The van der Waals surface area contributed by atoms with Crippen LogP contribution in [-0.2, 0) is 6.54 Å². The number of guanidine groups is 1. The van der Waals surface area contributed by atoms with Gasteiger partial charge in [0.05, 0.1) is 18.8 Å². The third kappa shape index (κ3) is 6.74. The Morgan fingerprint density at radius 3 is 2.52 bits per heavy atom. The summed E-state index contributed by atoms with van der Waals surface area (Å²) in [4.78, 5) is 10.0. The third-order valence-corrected chi connectivity index (χ3v) is 4.93. The fraction of sp³-hybridized carbons (Fsp3) is 0.474. The second-order valence-electron chi connectivity index (χ2n) is 5.97. The first-order valence-corrected chi connectivity index (χ1v) is 9.47. The summed E-state index contributed by atoms with van der Waals surface area (Å²) >= 11 is 1.73. The van der Waals surface area contributed by atoms with E-state index < -0.39 is 0 Å². The van der Waals surface area contributed by atoms with Crippen molar-refractivity contribution in [3.05, 3.63) is 45.4 Å². The molecule has 2 aromatic rings. The third-order valence-electron chi connectivity index (χ3n) is 3.86. The summed E-state index contributed by atoms with van der Waals surface area (Å²) in [7, 11) is 1.79. The van der Waals surface area contributed by atoms with Crippen LogP contribution in [0.5, 0.6) is 5.75 Å². The lowest BCUT2D eigenvalue weighted by atomic mass is 10.2. The fourth-order valence-corrected chi connectivity index (χ4v) is 3.13. The second kappa shape index (κ2) is 10.0. The number of benzene rings is 1. The van der Waals surface area contributed by atoms with Crippen LogP contribution in [0.1, 0.15) is 34.0 Å². The van der Waals surface area contributed by atoms with Crippen molar-refractivity contribution in [1.29, 1.82) is 0 Å². The summed E-state index contributed by atoms with van der Waals surface area (Å²) in [6.45, 7) is 8.52. The van der Waals surface area contributed by atoms with Crippen LogP contribution in [0.3, 0.4) is 0 Å². The molecule has 25 heavy (non-hydrogen) atoms. The number of nitrogens with one attached hydrogen (secondary N) is 2. The summed E-state index contributed by atoms with van der Waals surface area (Å²) in [6.07, 6.45) is 2.03. The van der Waals surface area contributed by atoms with Crippen molar-refractivity contribution in [2.75, 3.05) is 20.2 Å². The molecule has 6 heteroatoms. The summed E-state index contributed by atoms with van der Waals surface area (Å²) < 4.78 is 5.73. The Hall–Kier alpha value is -2.08. The lowest BCUT2D eigenvalue weighted by Crippen LogP contribution is -2.37. The lowest BCUT2D eigenvalue weighted by Gasteiger charge is -2.11. The lowest BCUT2D eigenvalue weighted by molar-refractivity contribution is 0.307. The molecule has 1 aromatic carbocycles. The zero-order chi connectivity index (χ0) is 18.1. The van der Waals surface area contributed by atoms with Crippen LogP contribution >= 0.6 is 11.3 Å². The molecule has 136 valence electrons. The Morgan fingerprint density at radius 1 is 1.12 bits per heavy atom. The van der Waals surface area contributed by atoms with E-state index in [1.54, 1.807) is 18.4 Å². The van der Waals surface area contributed by atoms with Crippen molar-refractivity contribution in [1.82, 2.24) is 15.6 Å². The number of rotatable bonds is 8. The van der Waals surface area contributed by atoms with E-state index in [0.717, 1.165) is 48.4 Å². The van der Waals surface area contributed by atoms with Crippen LogP contribution in [0.4, 0.5) is 0 Å². The Kier molecular flexibility index (Phi) is 7.73. The number of unbranched alkanes of at least 4 members (excludes halogenated alkanes) is 1. The van der Waals surface area contributed by atoms with Gasteiger partial charge in [0.2, 0.25) is 0 Å². The van der Waals surface area contributed by atoms with Crippen LogP contribution in [0, 0.1) is 20.8 Å². The van der Waals surface area contributed by atoms with Gasteiger partial charge < -0.3 is 15.4 Å². The van der Waals surface area contributed by atoms with E-state index in [-0.39, 0.29) is 0 Å². The maximum Gasteiger partial charge on any atom is 0.191 e. The average Bonchev–Trinajstić information content (AvgIpc) is 2.93. The first-order chi connectivity index (χ1) is 12.1. The first kappa shape index (κ1) is 19.2. The molecule has 0 aliphatic heterocycles. The largest absolute Gasteiger partial charge is 0.494 e. The molecule has 0 spiro atoms. The van der Waals surface area contributed by atoms with E-state index in [4.69, 9.17) is 4.74 Å². The van der Waals surface area contributed by atoms with Gasteiger partial charge in [-0.15, -0.1) is 11.3 Å². The Labute approximate surface area is 154 Å². The van der Waals surface area contributed by atoms with Crippen LogP contribution in [0.25, 0.3) is 0 Å². The number of hydrogen-bond donors (Lipinski definition) is 2. The predicted octanol–water partition coefficient (Wildman–Crippen LogP) is 3.59. The van der Waals surface area contributed by atoms with Crippen molar-refractivity contribution in [2.45, 2.75) is 40.2 Å². The maximum atomic E-state index is 5.73. The van der Waals surface area contributed by atoms with E-state index in [1.165, 1.54) is 10.4 Å². The zero-order valence-electron chi connectivity index (χ0n) is 15.6. The number of aryl methyl sites for hydroxylation is 3. The van der Waals surface area contributed by atoms with Gasteiger partial charge in [-0.3, -0.25) is 4.99 Å². The highest BCUT2D eigenvalue weighted by Gasteiger charge is 2.04. The highest BCUT2D eigenvalue weighted by molar-refractivity contribution is 7.11. The smallest absolute Gasteiger partial charge is 0.191 e. The molecule has 1 aromatic heterocycles. The molecule has 0 saturated carbocycles. The molecule has 1 heterocycles. The number of aromatic nitrogens is 1. The summed E-state index contributed by atoms with van der Waals surface area (Å²) in [5, 5.41) is 7.72. The minimum Gasteiger partial charge on any atom is -0.494 e. The molecule has 0 fully saturated rings. The quantitative estimate of drug-likeness (QED) is 0.429. The molecular formula is C19H28N4OS. The summed E-state index contributed by atoms with van der Waals surface area (Å²) in [6, 6.07) is 8.17. The number of nitrogens with zero attached hydrogens (tertiary/aromatic N) is 2. The Balaban J connectivity index is 1.58. The summed E-state index contributed by atoms with van der Waals surface area (Å²) in [5.41, 5.74) is 2.36. The Bertz CT molecular complexity index is 660. The van der Waals surface area contributed by atoms with Crippen molar-refractivity contribution in [2.24, 2.45) is 4.99 Å². The topological polar surface area (TPSA) is 58.5 Å². The van der Waals surface area contributed by atoms with Gasteiger partial charge in [-0.2, -0.15) is 0 Å². The van der Waals surface area contributed by atoms with E-state index in [2.05, 4.69) is 46.6 Å². The molecule has 2 rings (SSSR count). The van der Waals surface area contributed by atoms with Gasteiger partial charge in [0.25, 0.3) is 0 Å². The van der Waals surface area contributed by atoms with Gasteiger partial charge in [0.1, 0.15) is 10.8 Å². The second-order valence-corrected chi connectivity index (χ2v) is 7.26. The number of aliphatic imine (C=N–C) groups is 1. The standard InChI is InChI=1S/C19H28N4OS/c1-14-7-9-17(10-8-14)24-12-6-5-11-21-19(20-4)22-13-18-23-15(2)16(3)25-18/h7-10H,5-6,11-13H2,1-4H3,(H2,20,21,22). The van der Waals surface area contributed by atoms with Crippen LogP contribution in [0.2, 0.25) is 0 Å². The van der Waals surface area contributed by atoms with Crippen molar-refractivity contribution >= 4 is 17.3 Å². The molecule has 0 bridgehead atoms. The molecule has 0 unspecified atom stereocenters. The van der Waals surface area contributed by atoms with Gasteiger partial charge in [-0.05, 0) is 45.7 Å². The molecule has 0 aliphatic rings. The van der Waals surface area contributed by atoms with Crippen molar-refractivity contribution in [3.63, 3.8) is 0 Å². The van der Waals surface area contributed by atoms with Gasteiger partial charge >= 0.3 is 0 Å². The Morgan fingerprint density at radius 2 is 1.88 bits per heavy atom. The van der Waals surface area contributed by atoms with Gasteiger partial charge in [-0.1, -0.05) is 17.7 Å². The van der Waals surface area contributed by atoms with Crippen LogP contribution in [0.15, 0.2) is 29.3 Å². The molecule has 0 radical (unpaired) electrons. The van der Waals surface area contributed by atoms with Gasteiger partial charge in [0, 0.05) is 18.5 Å². The monoisotopic (exact) mass is 360 g/mol. The normalized spacial score (nSPS) is 11.4. The van der Waals surface area contributed by atoms with Crippen molar-refractivity contribution in [3.8, 4) is 5.75 Å². The minimum absolute atomic E-state index is 0.704. The molecule has 5 nitrogen and oxygen atoms in total.